The molecule has 0 saturated carbocycles. The van der Waals surface area contributed by atoms with E-state index in [0.717, 1.165) is 12.1 Å². The predicted octanol–water partition coefficient (Wildman–Crippen LogP) is 1.39. The van der Waals surface area contributed by atoms with Gasteiger partial charge in [-0.05, 0) is 19.1 Å². The van der Waals surface area contributed by atoms with Crippen LogP contribution in [0.15, 0.2) is 35.5 Å². The van der Waals surface area contributed by atoms with Gasteiger partial charge < -0.3 is 4.74 Å². The highest BCUT2D eigenvalue weighted by molar-refractivity contribution is 7.89. The number of nitrogens with zero attached hydrogens (tertiary/aromatic N) is 2. The number of aryl methyl sites for hydroxylation is 1. The Balaban J connectivity index is 1.99. The third kappa shape index (κ3) is 2.75. The van der Waals surface area contributed by atoms with Gasteiger partial charge in [0.2, 0.25) is 10.0 Å². The van der Waals surface area contributed by atoms with Crippen LogP contribution in [0.25, 0.3) is 0 Å². The number of sulfonamides is 1. The molecule has 0 unspecified atom stereocenters. The molecule has 1 aliphatic rings. The second-order valence-corrected chi connectivity index (χ2v) is 6.99. The van der Waals surface area contributed by atoms with Gasteiger partial charge in [0, 0.05) is 18.3 Å². The lowest BCUT2D eigenvalue weighted by Crippen LogP contribution is -2.60. The second kappa shape index (κ2) is 5.66. The van der Waals surface area contributed by atoms with Crippen LogP contribution in [0, 0.1) is 11.6 Å². The number of ether oxygens (including phenoxy) is 1. The van der Waals surface area contributed by atoms with Crippen LogP contribution in [0.1, 0.15) is 12.5 Å². The summed E-state index contributed by atoms with van der Waals surface area (Å²) in [5, 5.41) is 3.90. The summed E-state index contributed by atoms with van der Waals surface area (Å²) in [6, 6.07) is 3.39. The van der Waals surface area contributed by atoms with E-state index in [0.29, 0.717) is 6.54 Å². The van der Waals surface area contributed by atoms with Crippen LogP contribution in [0.4, 0.5) is 8.78 Å². The Bertz CT molecular complexity index is 811. The summed E-state index contributed by atoms with van der Waals surface area (Å²) in [7, 11) is -4.00. The fourth-order valence-corrected chi connectivity index (χ4v) is 3.79. The van der Waals surface area contributed by atoms with Crippen molar-refractivity contribution < 1.29 is 21.9 Å². The summed E-state index contributed by atoms with van der Waals surface area (Å²) >= 11 is 0. The standard InChI is InChI=1S/C14H15F2N3O3S/c1-2-19-7-10(6-17-19)23(20,21)18-14(8-22-9-14)13-11(15)4-3-5-12(13)16/h3-7,18H,2,8-9H2,1H3. The Hall–Kier alpha value is -1.84. The van der Waals surface area contributed by atoms with E-state index in [1.165, 1.54) is 23.1 Å². The average Bonchev–Trinajstić information content (AvgIpc) is 2.94. The highest BCUT2D eigenvalue weighted by Gasteiger charge is 2.47. The van der Waals surface area contributed by atoms with Crippen molar-refractivity contribution in [3.63, 3.8) is 0 Å². The van der Waals surface area contributed by atoms with Gasteiger partial charge in [0.25, 0.3) is 0 Å². The molecule has 2 heterocycles. The molecule has 0 atom stereocenters. The number of nitrogens with one attached hydrogen (secondary N) is 1. The van der Waals surface area contributed by atoms with E-state index in [4.69, 9.17) is 4.74 Å². The third-order valence-corrected chi connectivity index (χ3v) is 5.20. The van der Waals surface area contributed by atoms with E-state index >= 15 is 0 Å². The molecule has 0 bridgehead atoms. The van der Waals surface area contributed by atoms with E-state index in [-0.39, 0.29) is 23.7 Å². The highest BCUT2D eigenvalue weighted by Crippen LogP contribution is 2.34. The normalized spacial score (nSPS) is 17.0. The van der Waals surface area contributed by atoms with E-state index in [9.17, 15) is 17.2 Å². The monoisotopic (exact) mass is 343 g/mol. The molecule has 1 aliphatic heterocycles. The Kier molecular flexibility index (Phi) is 3.95. The van der Waals surface area contributed by atoms with Crippen molar-refractivity contribution in [3.05, 3.63) is 47.8 Å². The molecule has 1 fully saturated rings. The van der Waals surface area contributed by atoms with Gasteiger partial charge in [-0.2, -0.15) is 9.82 Å². The zero-order valence-corrected chi connectivity index (χ0v) is 13.1. The molecule has 2 aromatic rings. The molecule has 1 aromatic carbocycles. The SMILES string of the molecule is CCn1cc(S(=O)(=O)NC2(c3c(F)cccc3F)COC2)cn1. The summed E-state index contributed by atoms with van der Waals surface area (Å²) in [5.41, 5.74) is -1.79. The topological polar surface area (TPSA) is 73.2 Å². The van der Waals surface area contributed by atoms with Crippen LogP contribution in [-0.4, -0.2) is 31.4 Å². The highest BCUT2D eigenvalue weighted by atomic mass is 32.2. The molecular formula is C14H15F2N3O3S. The maximum Gasteiger partial charge on any atom is 0.244 e. The van der Waals surface area contributed by atoms with Crippen molar-refractivity contribution in [3.8, 4) is 0 Å². The van der Waals surface area contributed by atoms with Gasteiger partial charge in [-0.3, -0.25) is 4.68 Å². The van der Waals surface area contributed by atoms with Gasteiger partial charge in [0.05, 0.1) is 19.4 Å². The predicted molar refractivity (Wildman–Crippen MR) is 77.1 cm³/mol. The van der Waals surface area contributed by atoms with Crippen LogP contribution >= 0.6 is 0 Å². The molecule has 1 N–H and O–H groups in total. The minimum atomic E-state index is -4.00. The molecule has 23 heavy (non-hydrogen) atoms. The summed E-state index contributed by atoms with van der Waals surface area (Å²) in [6.45, 7) is 2.02. The van der Waals surface area contributed by atoms with Gasteiger partial charge in [-0.25, -0.2) is 17.2 Å². The van der Waals surface area contributed by atoms with Crippen molar-refractivity contribution >= 4 is 10.0 Å². The van der Waals surface area contributed by atoms with E-state index in [1.54, 1.807) is 0 Å². The molecule has 0 amide bonds. The molecule has 0 spiro atoms. The molecule has 0 aliphatic carbocycles. The first-order chi connectivity index (χ1) is 10.9. The quantitative estimate of drug-likeness (QED) is 0.890. The first-order valence-electron chi connectivity index (χ1n) is 6.97. The Morgan fingerprint density at radius 3 is 2.48 bits per heavy atom. The van der Waals surface area contributed by atoms with E-state index < -0.39 is 27.2 Å². The zero-order valence-electron chi connectivity index (χ0n) is 12.3. The number of rotatable bonds is 5. The van der Waals surface area contributed by atoms with Gasteiger partial charge in [0.15, 0.2) is 0 Å². The average molecular weight is 343 g/mol. The van der Waals surface area contributed by atoms with Crippen LogP contribution < -0.4 is 4.72 Å². The maximum absolute atomic E-state index is 14.1. The fraction of sp³-hybridized carbons (Fsp3) is 0.357. The number of hydrogen-bond donors (Lipinski definition) is 1. The smallest absolute Gasteiger partial charge is 0.244 e. The van der Waals surface area contributed by atoms with Crippen molar-refractivity contribution in [1.29, 1.82) is 0 Å². The van der Waals surface area contributed by atoms with E-state index in [1.807, 2.05) is 6.92 Å². The Labute approximate surface area is 132 Å². The van der Waals surface area contributed by atoms with Gasteiger partial charge in [-0.15, -0.1) is 0 Å². The largest absolute Gasteiger partial charge is 0.377 e. The molecular weight excluding hydrogens is 328 g/mol. The van der Waals surface area contributed by atoms with Gasteiger partial charge in [-0.1, -0.05) is 6.07 Å². The lowest BCUT2D eigenvalue weighted by atomic mass is 9.88. The molecule has 124 valence electrons. The molecule has 1 aromatic heterocycles. The molecule has 6 nitrogen and oxygen atoms in total. The molecule has 3 rings (SSSR count). The van der Waals surface area contributed by atoms with Crippen LogP contribution in [0.5, 0.6) is 0 Å². The zero-order chi connectivity index (χ0) is 16.7. The van der Waals surface area contributed by atoms with Crippen LogP contribution in [-0.2, 0) is 26.8 Å². The van der Waals surface area contributed by atoms with Gasteiger partial charge in [0.1, 0.15) is 22.1 Å². The number of benzene rings is 1. The number of aromatic nitrogens is 2. The lowest BCUT2D eigenvalue weighted by Gasteiger charge is -2.42. The fourth-order valence-electron chi connectivity index (χ4n) is 2.49. The minimum Gasteiger partial charge on any atom is -0.377 e. The molecule has 1 saturated heterocycles. The Morgan fingerprint density at radius 2 is 2.00 bits per heavy atom. The summed E-state index contributed by atoms with van der Waals surface area (Å²) in [4.78, 5) is -0.0672. The van der Waals surface area contributed by atoms with Crippen LogP contribution in [0.3, 0.4) is 0 Å². The van der Waals surface area contributed by atoms with Crippen molar-refractivity contribution in [2.45, 2.75) is 23.9 Å². The second-order valence-electron chi connectivity index (χ2n) is 5.31. The molecule has 0 radical (unpaired) electrons. The number of hydrogen-bond acceptors (Lipinski definition) is 4. The van der Waals surface area contributed by atoms with Crippen LogP contribution in [0.2, 0.25) is 0 Å². The summed E-state index contributed by atoms with van der Waals surface area (Å²) in [6.07, 6.45) is 2.55. The Morgan fingerprint density at radius 1 is 1.35 bits per heavy atom. The first kappa shape index (κ1) is 16.0. The van der Waals surface area contributed by atoms with Crippen molar-refractivity contribution in [2.24, 2.45) is 0 Å². The maximum atomic E-state index is 14.1. The molecule has 9 heteroatoms. The van der Waals surface area contributed by atoms with Gasteiger partial charge >= 0.3 is 0 Å². The summed E-state index contributed by atoms with van der Waals surface area (Å²) < 4.78 is 62.0. The number of halogens is 2. The first-order valence-corrected chi connectivity index (χ1v) is 8.45. The third-order valence-electron chi connectivity index (χ3n) is 3.71. The van der Waals surface area contributed by atoms with Crippen molar-refractivity contribution in [1.82, 2.24) is 14.5 Å². The summed E-state index contributed by atoms with van der Waals surface area (Å²) in [5.74, 6) is -1.64. The lowest BCUT2D eigenvalue weighted by molar-refractivity contribution is -0.0697. The minimum absolute atomic E-state index is 0.0672. The van der Waals surface area contributed by atoms with E-state index in [2.05, 4.69) is 9.82 Å². The van der Waals surface area contributed by atoms with Crippen molar-refractivity contribution in [2.75, 3.05) is 13.2 Å².